The molecule has 1 aliphatic heterocycles. The molecule has 218 valence electrons. The minimum Gasteiger partial charge on any atom is -0.452 e. The first kappa shape index (κ1) is 29.0. The van der Waals surface area contributed by atoms with Gasteiger partial charge in [-0.25, -0.2) is 13.1 Å². The number of esters is 1. The molecule has 2 heterocycles. The van der Waals surface area contributed by atoms with Gasteiger partial charge in [0.1, 0.15) is 5.69 Å². The van der Waals surface area contributed by atoms with Crippen LogP contribution < -0.4 is 10.9 Å². The lowest BCUT2D eigenvalue weighted by atomic mass is 9.92. The summed E-state index contributed by atoms with van der Waals surface area (Å²) in [5, 5.41) is 2.61. The fourth-order valence-electron chi connectivity index (χ4n) is 5.25. The van der Waals surface area contributed by atoms with Gasteiger partial charge in [-0.2, -0.15) is 4.31 Å². The first-order chi connectivity index (χ1) is 20.1. The lowest BCUT2D eigenvalue weighted by Crippen LogP contribution is -2.41. The van der Waals surface area contributed by atoms with Crippen molar-refractivity contribution in [1.29, 1.82) is 0 Å². The molecule has 1 N–H and O–H groups in total. The third-order valence-electron chi connectivity index (χ3n) is 7.55. The SMILES string of the molecule is Cc1c(NC(=O)[C@@H](C)OC(=O)C[C@@H]2c3ccccc3CCN2S(=O)(=O)c2ccccc2)c(=O)n(-c2ccccc2)n1C. The van der Waals surface area contributed by atoms with Crippen molar-refractivity contribution in [2.75, 3.05) is 11.9 Å². The fraction of sp³-hybridized carbons (Fsp3) is 0.258. The number of amides is 1. The molecule has 0 radical (unpaired) electrons. The van der Waals surface area contributed by atoms with Crippen LogP contribution in [0.2, 0.25) is 0 Å². The molecule has 0 unspecified atom stereocenters. The van der Waals surface area contributed by atoms with Crippen molar-refractivity contribution in [3.05, 3.63) is 112 Å². The Labute approximate surface area is 244 Å². The Morgan fingerprint density at radius 3 is 2.29 bits per heavy atom. The average molecular weight is 589 g/mol. The highest BCUT2D eigenvalue weighted by molar-refractivity contribution is 7.89. The molecule has 1 aliphatic rings. The molecule has 0 spiro atoms. The molecule has 42 heavy (non-hydrogen) atoms. The second-order valence-electron chi connectivity index (χ2n) is 10.2. The summed E-state index contributed by atoms with van der Waals surface area (Å²) in [6.45, 7) is 3.31. The predicted octanol–water partition coefficient (Wildman–Crippen LogP) is 3.73. The van der Waals surface area contributed by atoms with Crippen LogP contribution in [0.4, 0.5) is 5.69 Å². The van der Waals surface area contributed by atoms with Crippen LogP contribution in [0.5, 0.6) is 0 Å². The van der Waals surface area contributed by atoms with Crippen LogP contribution in [-0.4, -0.2) is 46.6 Å². The second kappa shape index (κ2) is 11.8. The lowest BCUT2D eigenvalue weighted by Gasteiger charge is -2.36. The molecular formula is C31H32N4O6S. The van der Waals surface area contributed by atoms with E-state index in [0.717, 1.165) is 11.1 Å². The molecule has 0 aliphatic carbocycles. The Balaban J connectivity index is 1.34. The lowest BCUT2D eigenvalue weighted by molar-refractivity contribution is -0.154. The minimum absolute atomic E-state index is 0.0792. The second-order valence-corrected chi connectivity index (χ2v) is 12.0. The van der Waals surface area contributed by atoms with Gasteiger partial charge in [0.15, 0.2) is 6.10 Å². The Hall–Kier alpha value is -4.48. The molecule has 0 bridgehead atoms. The zero-order valence-electron chi connectivity index (χ0n) is 23.6. The fourth-order valence-corrected chi connectivity index (χ4v) is 6.88. The summed E-state index contributed by atoms with van der Waals surface area (Å²) in [6.07, 6.45) is -1.02. The predicted molar refractivity (Wildman–Crippen MR) is 158 cm³/mol. The number of fused-ring (bicyclic) bond motifs is 1. The van der Waals surface area contributed by atoms with E-state index in [2.05, 4.69) is 5.32 Å². The normalized spacial score (nSPS) is 15.9. The molecule has 3 aromatic carbocycles. The third-order valence-corrected chi connectivity index (χ3v) is 9.48. The van der Waals surface area contributed by atoms with Crippen molar-refractivity contribution in [2.45, 2.75) is 43.7 Å². The van der Waals surface area contributed by atoms with Gasteiger partial charge < -0.3 is 10.1 Å². The number of nitrogens with one attached hydrogen (secondary N) is 1. The monoisotopic (exact) mass is 588 g/mol. The smallest absolute Gasteiger partial charge is 0.308 e. The number of benzene rings is 3. The molecule has 0 fully saturated rings. The number of sulfonamides is 1. The van der Waals surface area contributed by atoms with E-state index in [1.807, 2.05) is 24.3 Å². The summed E-state index contributed by atoms with van der Waals surface area (Å²) in [7, 11) is -2.20. The highest BCUT2D eigenvalue weighted by Gasteiger charge is 2.38. The largest absolute Gasteiger partial charge is 0.452 e. The summed E-state index contributed by atoms with van der Waals surface area (Å²) in [6, 6.07) is 23.7. The average Bonchev–Trinajstić information content (AvgIpc) is 3.20. The summed E-state index contributed by atoms with van der Waals surface area (Å²) >= 11 is 0. The van der Waals surface area contributed by atoms with Gasteiger partial charge in [0.05, 0.1) is 28.7 Å². The standard InChI is InChI=1S/C31H32N4O6S/c1-21-29(31(38)35(33(21)3)24-13-6-4-7-14-24)32-30(37)22(2)41-28(36)20-27-26-17-11-10-12-23(26)18-19-34(27)42(39,40)25-15-8-5-9-16-25/h4-17,22,27H,18-20H2,1-3H3,(H,32,37)/t22-,27-/m1/s1. The molecule has 0 saturated carbocycles. The number of aromatic nitrogens is 2. The van der Waals surface area contributed by atoms with Gasteiger partial charge in [-0.1, -0.05) is 60.7 Å². The van der Waals surface area contributed by atoms with Crippen molar-refractivity contribution in [1.82, 2.24) is 13.7 Å². The van der Waals surface area contributed by atoms with Crippen molar-refractivity contribution in [3.8, 4) is 5.69 Å². The number of hydrogen-bond donors (Lipinski definition) is 1. The Kier molecular flexibility index (Phi) is 8.15. The zero-order valence-corrected chi connectivity index (χ0v) is 24.4. The van der Waals surface area contributed by atoms with Crippen molar-refractivity contribution in [3.63, 3.8) is 0 Å². The maximum absolute atomic E-state index is 13.6. The summed E-state index contributed by atoms with van der Waals surface area (Å²) < 4.78 is 37.1. The van der Waals surface area contributed by atoms with E-state index in [4.69, 9.17) is 4.74 Å². The highest BCUT2D eigenvalue weighted by atomic mass is 32.2. The van der Waals surface area contributed by atoms with E-state index >= 15 is 0 Å². The number of carbonyl (C=O) groups excluding carboxylic acids is 2. The molecule has 0 saturated heterocycles. The molecular weight excluding hydrogens is 556 g/mol. The first-order valence-corrected chi connectivity index (χ1v) is 15.0. The van der Waals surface area contributed by atoms with Crippen LogP contribution in [0.25, 0.3) is 5.69 Å². The highest BCUT2D eigenvalue weighted by Crippen LogP contribution is 2.36. The van der Waals surface area contributed by atoms with Crippen LogP contribution in [0.1, 0.15) is 36.2 Å². The Bertz CT molecular complexity index is 1780. The van der Waals surface area contributed by atoms with E-state index in [9.17, 15) is 22.8 Å². The van der Waals surface area contributed by atoms with Crippen LogP contribution in [-0.2, 0) is 37.8 Å². The van der Waals surface area contributed by atoms with E-state index < -0.39 is 39.6 Å². The summed E-state index contributed by atoms with van der Waals surface area (Å²) in [4.78, 5) is 39.5. The topological polar surface area (TPSA) is 120 Å². The maximum Gasteiger partial charge on any atom is 0.308 e. The van der Waals surface area contributed by atoms with Crippen LogP contribution >= 0.6 is 0 Å². The van der Waals surface area contributed by atoms with Gasteiger partial charge in [0.2, 0.25) is 10.0 Å². The van der Waals surface area contributed by atoms with Crippen molar-refractivity contribution in [2.24, 2.45) is 7.05 Å². The Morgan fingerprint density at radius 1 is 0.976 bits per heavy atom. The molecule has 10 nitrogen and oxygen atoms in total. The molecule has 1 aromatic heterocycles. The van der Waals surface area contributed by atoms with Crippen molar-refractivity contribution >= 4 is 27.6 Å². The van der Waals surface area contributed by atoms with E-state index in [-0.39, 0.29) is 23.5 Å². The molecule has 11 heteroatoms. The minimum atomic E-state index is -3.91. The summed E-state index contributed by atoms with van der Waals surface area (Å²) in [5.41, 5.74) is 2.49. The van der Waals surface area contributed by atoms with E-state index in [1.165, 1.54) is 28.0 Å². The van der Waals surface area contributed by atoms with E-state index in [0.29, 0.717) is 17.8 Å². The summed E-state index contributed by atoms with van der Waals surface area (Å²) in [5.74, 6) is -1.41. The van der Waals surface area contributed by atoms with Gasteiger partial charge in [-0.3, -0.25) is 19.1 Å². The van der Waals surface area contributed by atoms with Gasteiger partial charge in [-0.05, 0) is 55.7 Å². The zero-order chi connectivity index (χ0) is 30.0. The van der Waals surface area contributed by atoms with Crippen molar-refractivity contribution < 1.29 is 22.7 Å². The maximum atomic E-state index is 13.6. The quantitative estimate of drug-likeness (QED) is 0.313. The molecule has 2 atom stereocenters. The number of rotatable bonds is 8. The van der Waals surface area contributed by atoms with Crippen LogP contribution in [0.15, 0.2) is 94.6 Å². The molecule has 4 aromatic rings. The van der Waals surface area contributed by atoms with Crippen LogP contribution in [0, 0.1) is 6.92 Å². The third kappa shape index (κ3) is 5.53. The number of nitrogens with zero attached hydrogens (tertiary/aromatic N) is 3. The number of carbonyl (C=O) groups is 2. The Morgan fingerprint density at radius 2 is 1.60 bits per heavy atom. The molecule has 5 rings (SSSR count). The number of ether oxygens (including phenoxy) is 1. The van der Waals surface area contributed by atoms with Gasteiger partial charge in [0.25, 0.3) is 11.5 Å². The van der Waals surface area contributed by atoms with Gasteiger partial charge in [-0.15, -0.1) is 0 Å². The number of para-hydroxylation sites is 1. The first-order valence-electron chi connectivity index (χ1n) is 13.6. The molecule has 1 amide bonds. The number of anilines is 1. The van der Waals surface area contributed by atoms with Crippen LogP contribution in [0.3, 0.4) is 0 Å². The van der Waals surface area contributed by atoms with E-state index in [1.54, 1.807) is 67.2 Å². The van der Waals surface area contributed by atoms with Gasteiger partial charge in [0, 0.05) is 13.6 Å². The number of hydrogen-bond acceptors (Lipinski definition) is 6. The van der Waals surface area contributed by atoms with Gasteiger partial charge >= 0.3 is 5.97 Å².